The maximum atomic E-state index is 13.6. The lowest BCUT2D eigenvalue weighted by atomic mass is 10.2. The zero-order valence-electron chi connectivity index (χ0n) is 9.15. The van der Waals surface area contributed by atoms with Crippen LogP contribution in [0.1, 0.15) is 5.69 Å². The minimum atomic E-state index is -0.419. The second-order valence-electron chi connectivity index (χ2n) is 3.51. The summed E-state index contributed by atoms with van der Waals surface area (Å²) in [6.07, 6.45) is 1.56. The van der Waals surface area contributed by atoms with Gasteiger partial charge in [0.15, 0.2) is 0 Å². The van der Waals surface area contributed by atoms with Gasteiger partial charge < -0.3 is 11.1 Å². The largest absolute Gasteiger partial charge is 0.388 e. The third-order valence-electron chi connectivity index (χ3n) is 2.24. The number of halogens is 2. The van der Waals surface area contributed by atoms with Crippen molar-refractivity contribution in [1.82, 2.24) is 4.98 Å². The molecule has 2 rings (SSSR count). The summed E-state index contributed by atoms with van der Waals surface area (Å²) in [5.41, 5.74) is 6.73. The van der Waals surface area contributed by atoms with Crippen molar-refractivity contribution in [3.05, 3.63) is 53.1 Å². The van der Waals surface area contributed by atoms with E-state index in [4.69, 9.17) is 29.6 Å². The van der Waals surface area contributed by atoms with E-state index >= 15 is 0 Å². The fourth-order valence-corrected chi connectivity index (χ4v) is 1.78. The van der Waals surface area contributed by atoms with Crippen molar-refractivity contribution in [1.29, 1.82) is 0 Å². The normalized spacial score (nSPS) is 10.1. The van der Waals surface area contributed by atoms with Crippen molar-refractivity contribution >= 4 is 40.2 Å². The van der Waals surface area contributed by atoms with E-state index in [2.05, 4.69) is 10.3 Å². The quantitative estimate of drug-likeness (QED) is 0.848. The topological polar surface area (TPSA) is 50.9 Å². The molecule has 3 nitrogen and oxygen atoms in total. The molecule has 18 heavy (non-hydrogen) atoms. The fourth-order valence-electron chi connectivity index (χ4n) is 1.44. The molecule has 0 atom stereocenters. The lowest BCUT2D eigenvalue weighted by Gasteiger charge is -2.11. The summed E-state index contributed by atoms with van der Waals surface area (Å²) in [5.74, 6) is -0.419. The highest BCUT2D eigenvalue weighted by Crippen LogP contribution is 2.24. The summed E-state index contributed by atoms with van der Waals surface area (Å²) in [5, 5.41) is 3.30. The number of hydrogen-bond donors (Lipinski definition) is 2. The summed E-state index contributed by atoms with van der Waals surface area (Å²) in [6, 6.07) is 7.64. The number of pyridine rings is 1. The Morgan fingerprint density at radius 1 is 1.33 bits per heavy atom. The van der Waals surface area contributed by atoms with Crippen molar-refractivity contribution in [2.45, 2.75) is 0 Å². The Bertz CT molecular complexity index is 604. The molecule has 92 valence electrons. The monoisotopic (exact) mass is 281 g/mol. The van der Waals surface area contributed by atoms with Gasteiger partial charge in [-0.1, -0.05) is 23.8 Å². The first-order valence-corrected chi connectivity index (χ1v) is 5.83. The van der Waals surface area contributed by atoms with Crippen LogP contribution in [0, 0.1) is 5.82 Å². The lowest BCUT2D eigenvalue weighted by Crippen LogP contribution is -2.14. The van der Waals surface area contributed by atoms with Crippen LogP contribution in [0.5, 0.6) is 0 Å². The number of nitrogens with one attached hydrogen (secondary N) is 1. The maximum Gasteiger partial charge on any atom is 0.146 e. The number of thiocarbonyl (C=S) groups is 1. The number of benzene rings is 1. The van der Waals surface area contributed by atoms with E-state index in [1.807, 2.05) is 0 Å². The molecule has 0 fully saturated rings. The standard InChI is InChI=1S/C12H9ClFN3S/c13-7-3-4-8(14)10(6-7)17-9-2-1-5-16-11(9)12(15)18/h1-6,17H,(H2,15,18). The van der Waals surface area contributed by atoms with Crippen LogP contribution in [0.15, 0.2) is 36.5 Å². The van der Waals surface area contributed by atoms with Crippen molar-refractivity contribution in [2.24, 2.45) is 5.73 Å². The highest BCUT2D eigenvalue weighted by Gasteiger charge is 2.09. The predicted molar refractivity (Wildman–Crippen MR) is 74.8 cm³/mol. The molecule has 0 radical (unpaired) electrons. The number of rotatable bonds is 3. The molecule has 0 bridgehead atoms. The zero-order valence-corrected chi connectivity index (χ0v) is 10.7. The third kappa shape index (κ3) is 2.75. The first-order chi connectivity index (χ1) is 8.58. The summed E-state index contributed by atoms with van der Waals surface area (Å²) < 4.78 is 13.6. The van der Waals surface area contributed by atoms with E-state index in [9.17, 15) is 4.39 Å². The highest BCUT2D eigenvalue weighted by atomic mass is 35.5. The number of aromatic nitrogens is 1. The van der Waals surface area contributed by atoms with Gasteiger partial charge in [-0.3, -0.25) is 4.98 Å². The van der Waals surface area contributed by atoms with Crippen LogP contribution in [0.3, 0.4) is 0 Å². The molecule has 0 unspecified atom stereocenters. The average molecular weight is 282 g/mol. The van der Waals surface area contributed by atoms with Crippen molar-refractivity contribution in [3.63, 3.8) is 0 Å². The van der Waals surface area contributed by atoms with Gasteiger partial charge >= 0.3 is 0 Å². The minimum absolute atomic E-state index is 0.139. The van der Waals surface area contributed by atoms with Crippen LogP contribution in [-0.2, 0) is 0 Å². The molecule has 0 spiro atoms. The summed E-state index contributed by atoms with van der Waals surface area (Å²) in [7, 11) is 0. The lowest BCUT2D eigenvalue weighted by molar-refractivity contribution is 0.632. The minimum Gasteiger partial charge on any atom is -0.388 e. The maximum absolute atomic E-state index is 13.6. The van der Waals surface area contributed by atoms with E-state index in [0.29, 0.717) is 16.4 Å². The van der Waals surface area contributed by atoms with Crippen LogP contribution in [0.4, 0.5) is 15.8 Å². The first-order valence-electron chi connectivity index (χ1n) is 5.05. The predicted octanol–water partition coefficient (Wildman–Crippen LogP) is 3.25. The van der Waals surface area contributed by atoms with Crippen LogP contribution in [0.25, 0.3) is 0 Å². The van der Waals surface area contributed by atoms with Gasteiger partial charge in [0.25, 0.3) is 0 Å². The van der Waals surface area contributed by atoms with E-state index < -0.39 is 5.82 Å². The van der Waals surface area contributed by atoms with Gasteiger partial charge in [-0.25, -0.2) is 4.39 Å². The Kier molecular flexibility index (Phi) is 3.74. The van der Waals surface area contributed by atoms with Crippen LogP contribution < -0.4 is 11.1 Å². The first kappa shape index (κ1) is 12.7. The molecule has 0 aliphatic rings. The average Bonchev–Trinajstić information content (AvgIpc) is 2.34. The second-order valence-corrected chi connectivity index (χ2v) is 4.39. The Morgan fingerprint density at radius 2 is 2.11 bits per heavy atom. The number of anilines is 2. The van der Waals surface area contributed by atoms with E-state index in [-0.39, 0.29) is 10.7 Å². The fraction of sp³-hybridized carbons (Fsp3) is 0. The molecule has 2 aromatic rings. The molecule has 1 heterocycles. The zero-order chi connectivity index (χ0) is 13.1. The molecule has 0 aliphatic heterocycles. The molecule has 1 aromatic carbocycles. The Hall–Kier alpha value is -1.72. The molecule has 0 aliphatic carbocycles. The van der Waals surface area contributed by atoms with Gasteiger partial charge in [-0.2, -0.15) is 0 Å². The van der Waals surface area contributed by atoms with Crippen LogP contribution >= 0.6 is 23.8 Å². The van der Waals surface area contributed by atoms with E-state index in [0.717, 1.165) is 0 Å². The molecular formula is C12H9ClFN3S. The van der Waals surface area contributed by atoms with Gasteiger partial charge in [0.2, 0.25) is 0 Å². The second kappa shape index (κ2) is 5.29. The number of nitrogens with two attached hydrogens (primary N) is 1. The smallest absolute Gasteiger partial charge is 0.146 e. The molecule has 6 heteroatoms. The molecule has 0 saturated carbocycles. The molecule has 0 amide bonds. The van der Waals surface area contributed by atoms with Crippen LogP contribution in [-0.4, -0.2) is 9.97 Å². The van der Waals surface area contributed by atoms with Crippen LogP contribution in [0.2, 0.25) is 5.02 Å². The summed E-state index contributed by atoms with van der Waals surface area (Å²) >= 11 is 10.7. The van der Waals surface area contributed by atoms with Gasteiger partial charge in [-0.15, -0.1) is 0 Å². The molecular weight excluding hydrogens is 273 g/mol. The van der Waals surface area contributed by atoms with Gasteiger partial charge in [-0.05, 0) is 30.3 Å². The van der Waals surface area contributed by atoms with Gasteiger partial charge in [0.05, 0.1) is 11.4 Å². The number of hydrogen-bond acceptors (Lipinski definition) is 3. The molecule has 1 aromatic heterocycles. The Labute approximate surface area is 114 Å². The number of nitrogens with zero attached hydrogens (tertiary/aromatic N) is 1. The summed E-state index contributed by atoms with van der Waals surface area (Å²) in [6.45, 7) is 0. The Morgan fingerprint density at radius 3 is 2.83 bits per heavy atom. The van der Waals surface area contributed by atoms with Crippen molar-refractivity contribution < 1.29 is 4.39 Å². The highest BCUT2D eigenvalue weighted by molar-refractivity contribution is 7.80. The van der Waals surface area contributed by atoms with Gasteiger partial charge in [0, 0.05) is 11.2 Å². The summed E-state index contributed by atoms with van der Waals surface area (Å²) in [4.78, 5) is 4.18. The van der Waals surface area contributed by atoms with E-state index in [1.54, 1.807) is 18.3 Å². The SMILES string of the molecule is NC(=S)c1ncccc1Nc1cc(Cl)ccc1F. The third-order valence-corrected chi connectivity index (χ3v) is 2.67. The molecule has 0 saturated heterocycles. The van der Waals surface area contributed by atoms with Gasteiger partial charge in [0.1, 0.15) is 16.5 Å². The van der Waals surface area contributed by atoms with E-state index in [1.165, 1.54) is 18.2 Å². The Balaban J connectivity index is 2.40. The van der Waals surface area contributed by atoms with Crippen molar-refractivity contribution in [3.8, 4) is 0 Å². The molecule has 3 N–H and O–H groups in total. The van der Waals surface area contributed by atoms with Crippen molar-refractivity contribution in [2.75, 3.05) is 5.32 Å².